The average molecular weight is 274 g/mol. The van der Waals surface area contributed by atoms with Gasteiger partial charge in [-0.2, -0.15) is 18.4 Å². The Kier molecular flexibility index (Phi) is 5.55. The third kappa shape index (κ3) is 5.01. The lowest BCUT2D eigenvalue weighted by molar-refractivity contribution is -0.129. The fourth-order valence-electron chi connectivity index (χ4n) is 1.79. The highest BCUT2D eigenvalue weighted by molar-refractivity contribution is 8.03. The van der Waals surface area contributed by atoms with Crippen LogP contribution in [0, 0.1) is 17.9 Å². The van der Waals surface area contributed by atoms with Gasteiger partial charge in [-0.15, -0.1) is 11.8 Å². The zero-order chi connectivity index (χ0) is 13.6. The van der Waals surface area contributed by atoms with Crippen LogP contribution in [0.1, 0.15) is 32.1 Å². The van der Waals surface area contributed by atoms with Gasteiger partial charge in [-0.1, -0.05) is 0 Å². The van der Waals surface area contributed by atoms with Gasteiger partial charge in [0.1, 0.15) is 6.07 Å². The Morgan fingerprint density at radius 3 is 2.50 bits per heavy atom. The number of nitriles is 1. The molecule has 0 spiro atoms. The van der Waals surface area contributed by atoms with Crippen LogP contribution >= 0.6 is 11.8 Å². The molecule has 0 saturated heterocycles. The van der Waals surface area contributed by atoms with Gasteiger partial charge in [0.2, 0.25) is 6.04 Å². The second kappa shape index (κ2) is 6.70. The molecule has 1 rings (SSSR count). The van der Waals surface area contributed by atoms with Gasteiger partial charge in [-0.05, 0) is 18.4 Å². The fourth-order valence-corrected chi connectivity index (χ4v) is 2.80. The highest BCUT2D eigenvalue weighted by atomic mass is 32.2. The van der Waals surface area contributed by atoms with Gasteiger partial charge in [-0.25, -0.2) is 6.57 Å². The number of nitrogens with zero attached hydrogens (tertiary/aromatic N) is 2. The van der Waals surface area contributed by atoms with E-state index in [-0.39, 0.29) is 11.8 Å². The van der Waals surface area contributed by atoms with E-state index >= 15 is 0 Å². The van der Waals surface area contributed by atoms with E-state index < -0.39 is 12.6 Å². The molecule has 0 aromatic carbocycles. The van der Waals surface area contributed by atoms with E-state index in [2.05, 4.69) is 4.85 Å². The van der Waals surface area contributed by atoms with Gasteiger partial charge in [0.05, 0.1) is 11.3 Å². The van der Waals surface area contributed by atoms with Gasteiger partial charge in [0, 0.05) is 18.6 Å². The lowest BCUT2D eigenvalue weighted by atomic mass is 9.91. The van der Waals surface area contributed by atoms with Crippen LogP contribution in [0.2, 0.25) is 0 Å². The van der Waals surface area contributed by atoms with Crippen molar-refractivity contribution in [3.8, 4) is 6.07 Å². The fraction of sp³-hybridized carbons (Fsp3) is 0.667. The lowest BCUT2D eigenvalue weighted by Crippen LogP contribution is -2.11. The predicted molar refractivity (Wildman–Crippen MR) is 64.6 cm³/mol. The second-order valence-electron chi connectivity index (χ2n) is 4.12. The summed E-state index contributed by atoms with van der Waals surface area (Å²) in [5.41, 5.74) is 0.921. The van der Waals surface area contributed by atoms with E-state index in [0.717, 1.165) is 17.3 Å². The zero-order valence-corrected chi connectivity index (χ0v) is 10.6. The maximum atomic E-state index is 12.0. The molecule has 0 unspecified atom stereocenters. The number of allylic oxidation sites excluding steroid dienone is 2. The van der Waals surface area contributed by atoms with E-state index in [0.29, 0.717) is 30.6 Å². The third-order valence-corrected chi connectivity index (χ3v) is 3.87. The molecule has 6 heteroatoms. The van der Waals surface area contributed by atoms with Crippen LogP contribution in [-0.4, -0.2) is 18.0 Å². The van der Waals surface area contributed by atoms with Crippen molar-refractivity contribution in [3.05, 3.63) is 21.9 Å². The van der Waals surface area contributed by atoms with Gasteiger partial charge in [-0.3, -0.25) is 0 Å². The molecular weight excluding hydrogens is 261 g/mol. The van der Waals surface area contributed by atoms with Crippen LogP contribution in [0.25, 0.3) is 4.85 Å². The molecule has 1 aliphatic rings. The van der Waals surface area contributed by atoms with Gasteiger partial charge in [0.25, 0.3) is 0 Å². The van der Waals surface area contributed by atoms with Crippen molar-refractivity contribution in [2.45, 2.75) is 44.3 Å². The number of thioether (sulfide) groups is 1. The Morgan fingerprint density at radius 2 is 2.06 bits per heavy atom. The summed E-state index contributed by atoms with van der Waals surface area (Å²) in [7, 11) is 0. The summed E-state index contributed by atoms with van der Waals surface area (Å²) in [4.78, 5) is 3.87. The molecule has 0 bridgehead atoms. The second-order valence-corrected chi connectivity index (χ2v) is 5.22. The van der Waals surface area contributed by atoms with Crippen molar-refractivity contribution in [2.75, 3.05) is 5.75 Å². The van der Waals surface area contributed by atoms with E-state index in [4.69, 9.17) is 11.8 Å². The van der Waals surface area contributed by atoms with Crippen molar-refractivity contribution < 1.29 is 13.2 Å². The molecule has 0 aromatic heterocycles. The number of rotatable bonds is 3. The van der Waals surface area contributed by atoms with Crippen molar-refractivity contribution in [2.24, 2.45) is 0 Å². The summed E-state index contributed by atoms with van der Waals surface area (Å²) in [6.07, 6.45) is -2.29. The van der Waals surface area contributed by atoms with Gasteiger partial charge in [0.15, 0.2) is 0 Å². The molecule has 1 saturated carbocycles. The molecule has 0 aromatic rings. The first-order valence-corrected chi connectivity index (χ1v) is 6.63. The first-order chi connectivity index (χ1) is 8.46. The van der Waals surface area contributed by atoms with Crippen LogP contribution in [-0.2, 0) is 0 Å². The molecule has 2 nitrogen and oxygen atoms in total. The normalized spacial score (nSPS) is 20.1. The van der Waals surface area contributed by atoms with Crippen LogP contribution in [0.3, 0.4) is 0 Å². The van der Waals surface area contributed by atoms with Crippen LogP contribution in [0.4, 0.5) is 13.2 Å². The van der Waals surface area contributed by atoms with Crippen LogP contribution < -0.4 is 0 Å². The highest BCUT2D eigenvalue weighted by Crippen LogP contribution is 2.33. The van der Waals surface area contributed by atoms with Gasteiger partial charge < -0.3 is 4.85 Å². The zero-order valence-electron chi connectivity index (χ0n) is 9.76. The first kappa shape index (κ1) is 14.9. The Morgan fingerprint density at radius 1 is 1.44 bits per heavy atom. The smallest absolute Gasteiger partial charge is 0.314 e. The van der Waals surface area contributed by atoms with Crippen molar-refractivity contribution >= 4 is 11.8 Å². The molecule has 0 atom stereocenters. The maximum absolute atomic E-state index is 12.0. The summed E-state index contributed by atoms with van der Waals surface area (Å²) >= 11 is 0.985. The minimum absolute atomic E-state index is 0.00821. The summed E-state index contributed by atoms with van der Waals surface area (Å²) in [5.74, 6) is -0.109. The Balaban J connectivity index is 2.51. The topological polar surface area (TPSA) is 28.1 Å². The minimum Gasteiger partial charge on any atom is -0.314 e. The summed E-state index contributed by atoms with van der Waals surface area (Å²) in [5, 5.41) is 8.96. The quantitative estimate of drug-likeness (QED) is 0.566. The monoisotopic (exact) mass is 274 g/mol. The maximum Gasteiger partial charge on any atom is 0.389 e. The number of alkyl halides is 3. The Labute approximate surface area is 109 Å². The molecule has 1 aliphatic carbocycles. The lowest BCUT2D eigenvalue weighted by Gasteiger charge is -2.17. The SMILES string of the molecule is [C-]#[N+]C1CCC(=C(C#N)SCCC(F)(F)F)CC1. The van der Waals surface area contributed by atoms with Crippen molar-refractivity contribution in [1.29, 1.82) is 5.26 Å². The third-order valence-electron chi connectivity index (χ3n) is 2.80. The van der Waals surface area contributed by atoms with Gasteiger partial charge >= 0.3 is 6.18 Å². The number of halogens is 3. The summed E-state index contributed by atoms with van der Waals surface area (Å²) in [6.45, 7) is 6.91. The van der Waals surface area contributed by atoms with Crippen molar-refractivity contribution in [1.82, 2.24) is 0 Å². The van der Waals surface area contributed by atoms with Crippen LogP contribution in [0.5, 0.6) is 0 Å². The standard InChI is InChI=1S/C12H13F3N2S/c1-17-10-4-2-9(3-5-10)11(8-16)18-7-6-12(13,14)15/h10H,2-7H2. The first-order valence-electron chi connectivity index (χ1n) is 5.64. The predicted octanol–water partition coefficient (Wildman–Crippen LogP) is 4.31. The molecule has 98 valence electrons. The Bertz CT molecular complexity index is 391. The molecule has 0 N–H and O–H groups in total. The van der Waals surface area contributed by atoms with Crippen molar-refractivity contribution in [3.63, 3.8) is 0 Å². The van der Waals surface area contributed by atoms with E-state index in [1.165, 1.54) is 0 Å². The molecule has 0 heterocycles. The molecule has 0 aliphatic heterocycles. The van der Waals surface area contributed by atoms with E-state index in [1.807, 2.05) is 6.07 Å². The van der Waals surface area contributed by atoms with Crippen LogP contribution in [0.15, 0.2) is 10.5 Å². The highest BCUT2D eigenvalue weighted by Gasteiger charge is 2.27. The molecule has 18 heavy (non-hydrogen) atoms. The molecule has 0 radical (unpaired) electrons. The number of hydrogen-bond donors (Lipinski definition) is 0. The summed E-state index contributed by atoms with van der Waals surface area (Å²) in [6, 6.07) is 2.00. The van der Waals surface area contributed by atoms with E-state index in [1.54, 1.807) is 0 Å². The minimum atomic E-state index is -4.17. The summed E-state index contributed by atoms with van der Waals surface area (Å²) < 4.78 is 36.0. The molecular formula is C12H13F3N2S. The average Bonchev–Trinajstić information content (AvgIpc) is 2.34. The molecule has 1 fully saturated rings. The molecule has 0 amide bonds. The van der Waals surface area contributed by atoms with E-state index in [9.17, 15) is 13.2 Å². The number of hydrogen-bond acceptors (Lipinski definition) is 2. The Hall–Kier alpha value is -1.14. The largest absolute Gasteiger partial charge is 0.389 e.